The van der Waals surface area contributed by atoms with Gasteiger partial charge in [-0.15, -0.1) is 0 Å². The Balaban J connectivity index is 1.47. The highest BCUT2D eigenvalue weighted by Crippen LogP contribution is 2.28. The minimum absolute atomic E-state index is 0.114. The van der Waals surface area contributed by atoms with Gasteiger partial charge in [0.2, 0.25) is 5.91 Å². The monoisotopic (exact) mass is 353 g/mol. The summed E-state index contributed by atoms with van der Waals surface area (Å²) in [6, 6.07) is 12.5. The number of amides is 1. The quantitative estimate of drug-likeness (QED) is 0.879. The fourth-order valence-corrected chi connectivity index (χ4v) is 4.21. The van der Waals surface area contributed by atoms with Gasteiger partial charge in [0.1, 0.15) is 5.54 Å². The molecule has 1 unspecified atom stereocenters. The summed E-state index contributed by atoms with van der Waals surface area (Å²) in [5, 5.41) is 11.1. The molecule has 2 aliphatic heterocycles. The Morgan fingerprint density at radius 2 is 2.00 bits per heavy atom. The Kier molecular flexibility index (Phi) is 4.93. The van der Waals surface area contributed by atoms with E-state index in [0.717, 1.165) is 51.9 Å². The van der Waals surface area contributed by atoms with Crippen LogP contribution in [0.25, 0.3) is 0 Å². The second-order valence-corrected chi connectivity index (χ2v) is 7.33. The van der Waals surface area contributed by atoms with Gasteiger partial charge in [0.25, 0.3) is 0 Å². The summed E-state index contributed by atoms with van der Waals surface area (Å²) >= 11 is 0. The van der Waals surface area contributed by atoms with Gasteiger partial charge in [0.05, 0.1) is 0 Å². The number of nitrogens with zero attached hydrogens (tertiary/aromatic N) is 3. The first-order chi connectivity index (χ1) is 12.8. The summed E-state index contributed by atoms with van der Waals surface area (Å²) in [5.41, 5.74) is 0.666. The van der Waals surface area contributed by atoms with E-state index >= 15 is 0 Å². The lowest BCUT2D eigenvalue weighted by Crippen LogP contribution is -2.58. The summed E-state index contributed by atoms with van der Waals surface area (Å²) in [6.45, 7) is 3.59. The minimum Gasteiger partial charge on any atom is -0.369 e. The van der Waals surface area contributed by atoms with Crippen molar-refractivity contribution in [3.8, 4) is 0 Å². The van der Waals surface area contributed by atoms with Crippen LogP contribution in [0.5, 0.6) is 0 Å². The summed E-state index contributed by atoms with van der Waals surface area (Å²) in [7, 11) is 0. The molecule has 0 radical (unpaired) electrons. The lowest BCUT2D eigenvalue weighted by atomic mass is 9.86. The summed E-state index contributed by atoms with van der Waals surface area (Å²) in [4.78, 5) is 15.7. The first-order valence-electron chi connectivity index (χ1n) is 9.60. The third-order valence-corrected chi connectivity index (χ3v) is 5.67. The molecule has 1 aromatic heterocycles. The number of piperidine rings is 2. The Morgan fingerprint density at radius 1 is 1.19 bits per heavy atom. The highest BCUT2D eigenvalue weighted by molar-refractivity contribution is 5.85. The van der Waals surface area contributed by atoms with Crippen LogP contribution in [0.3, 0.4) is 0 Å². The number of rotatable bonds is 4. The molecule has 2 saturated heterocycles. The van der Waals surface area contributed by atoms with Crippen LogP contribution in [0.15, 0.2) is 48.8 Å². The largest absolute Gasteiger partial charge is 0.369 e. The van der Waals surface area contributed by atoms with Crippen molar-refractivity contribution in [2.75, 3.05) is 31.1 Å². The zero-order chi connectivity index (χ0) is 17.8. The van der Waals surface area contributed by atoms with Crippen LogP contribution >= 0.6 is 0 Å². The molecule has 1 atom stereocenters. The van der Waals surface area contributed by atoms with Gasteiger partial charge in [0, 0.05) is 37.2 Å². The molecule has 0 bridgehead atoms. The number of para-hydroxylation sites is 1. The second kappa shape index (κ2) is 7.50. The lowest BCUT2D eigenvalue weighted by molar-refractivity contribution is -0.132. The number of aromatic nitrogens is 2. The molecule has 26 heavy (non-hydrogen) atoms. The van der Waals surface area contributed by atoms with Crippen molar-refractivity contribution < 1.29 is 4.79 Å². The first-order valence-corrected chi connectivity index (χ1v) is 9.60. The molecule has 138 valence electrons. The summed E-state index contributed by atoms with van der Waals surface area (Å²) in [5.74, 6) is 0.114. The van der Waals surface area contributed by atoms with Gasteiger partial charge >= 0.3 is 0 Å². The average Bonchev–Trinajstić information content (AvgIpc) is 3.25. The number of anilines is 1. The van der Waals surface area contributed by atoms with Crippen molar-refractivity contribution >= 4 is 11.6 Å². The molecule has 0 saturated carbocycles. The summed E-state index contributed by atoms with van der Waals surface area (Å²) in [6.07, 6.45) is 7.35. The van der Waals surface area contributed by atoms with Crippen molar-refractivity contribution in [1.29, 1.82) is 0 Å². The van der Waals surface area contributed by atoms with E-state index in [9.17, 15) is 4.79 Å². The Bertz CT molecular complexity index is 709. The fraction of sp³-hybridized carbons (Fsp3) is 0.500. The van der Waals surface area contributed by atoms with Crippen LogP contribution < -0.4 is 15.5 Å². The SMILES string of the molecule is O=C(NC1CCCN(c2ccccc2)C1)C1(n2cccn2)CCNCC1. The minimum atomic E-state index is -0.566. The van der Waals surface area contributed by atoms with Crippen molar-refractivity contribution in [3.63, 3.8) is 0 Å². The van der Waals surface area contributed by atoms with Crippen molar-refractivity contribution in [2.24, 2.45) is 0 Å². The molecule has 6 nitrogen and oxygen atoms in total. The van der Waals surface area contributed by atoms with Crippen LogP contribution in [-0.2, 0) is 10.3 Å². The van der Waals surface area contributed by atoms with Gasteiger partial charge in [-0.05, 0) is 57.0 Å². The van der Waals surface area contributed by atoms with E-state index in [1.165, 1.54) is 5.69 Å². The predicted octanol–water partition coefficient (Wildman–Crippen LogP) is 1.75. The molecular formula is C20H27N5O. The zero-order valence-corrected chi connectivity index (χ0v) is 15.1. The highest BCUT2D eigenvalue weighted by Gasteiger charge is 2.42. The van der Waals surface area contributed by atoms with E-state index in [1.807, 2.05) is 23.0 Å². The van der Waals surface area contributed by atoms with Crippen LogP contribution in [0, 0.1) is 0 Å². The fourth-order valence-electron chi connectivity index (χ4n) is 4.21. The number of hydrogen-bond donors (Lipinski definition) is 2. The van der Waals surface area contributed by atoms with Crippen LogP contribution in [0.1, 0.15) is 25.7 Å². The number of hydrogen-bond acceptors (Lipinski definition) is 4. The molecule has 0 aliphatic carbocycles. The maximum absolute atomic E-state index is 13.3. The standard InChI is InChI=1S/C20H27N5O/c26-19(20(9-12-21-13-10-20)25-15-5-11-22-25)23-17-6-4-14-24(16-17)18-7-2-1-3-8-18/h1-3,5,7-8,11,15,17,21H,4,6,9-10,12-14,16H2,(H,23,26). The number of nitrogens with one attached hydrogen (secondary N) is 2. The zero-order valence-electron chi connectivity index (χ0n) is 15.1. The van der Waals surface area contributed by atoms with Crippen LogP contribution in [0.4, 0.5) is 5.69 Å². The molecule has 1 aromatic carbocycles. The van der Waals surface area contributed by atoms with Gasteiger partial charge in [-0.3, -0.25) is 9.48 Å². The van der Waals surface area contributed by atoms with Crippen molar-refractivity contribution in [1.82, 2.24) is 20.4 Å². The Morgan fingerprint density at radius 3 is 2.73 bits per heavy atom. The predicted molar refractivity (Wildman–Crippen MR) is 102 cm³/mol. The van der Waals surface area contributed by atoms with E-state index < -0.39 is 5.54 Å². The van der Waals surface area contributed by atoms with Crippen molar-refractivity contribution in [2.45, 2.75) is 37.3 Å². The van der Waals surface area contributed by atoms with Gasteiger partial charge in [-0.25, -0.2) is 0 Å². The molecular weight excluding hydrogens is 326 g/mol. The summed E-state index contributed by atoms with van der Waals surface area (Å²) < 4.78 is 1.86. The molecule has 2 N–H and O–H groups in total. The smallest absolute Gasteiger partial charge is 0.248 e. The molecule has 2 aromatic rings. The maximum atomic E-state index is 13.3. The lowest BCUT2D eigenvalue weighted by Gasteiger charge is -2.40. The molecule has 6 heteroatoms. The van der Waals surface area contributed by atoms with E-state index in [-0.39, 0.29) is 11.9 Å². The number of carbonyl (C=O) groups is 1. The van der Waals surface area contributed by atoms with Crippen molar-refractivity contribution in [3.05, 3.63) is 48.8 Å². The first kappa shape index (κ1) is 17.1. The number of carbonyl (C=O) groups excluding carboxylic acids is 1. The van der Waals surface area contributed by atoms with Gasteiger partial charge in [-0.1, -0.05) is 18.2 Å². The van der Waals surface area contributed by atoms with Gasteiger partial charge in [-0.2, -0.15) is 5.10 Å². The van der Waals surface area contributed by atoms with Gasteiger partial charge in [0.15, 0.2) is 0 Å². The molecule has 1 amide bonds. The van der Waals surface area contributed by atoms with E-state index in [1.54, 1.807) is 6.20 Å². The Hall–Kier alpha value is -2.34. The second-order valence-electron chi connectivity index (χ2n) is 7.33. The van der Waals surface area contributed by atoms with Gasteiger partial charge < -0.3 is 15.5 Å². The Labute approximate surface area is 154 Å². The normalized spacial score (nSPS) is 22.8. The maximum Gasteiger partial charge on any atom is 0.248 e. The van der Waals surface area contributed by atoms with E-state index in [4.69, 9.17) is 0 Å². The van der Waals surface area contributed by atoms with E-state index in [0.29, 0.717) is 0 Å². The molecule has 0 spiro atoms. The average molecular weight is 353 g/mol. The van der Waals surface area contributed by atoms with Crippen LogP contribution in [0.2, 0.25) is 0 Å². The third-order valence-electron chi connectivity index (χ3n) is 5.67. The molecule has 2 fully saturated rings. The highest BCUT2D eigenvalue weighted by atomic mass is 16.2. The number of benzene rings is 1. The third kappa shape index (κ3) is 3.33. The molecule has 3 heterocycles. The topological polar surface area (TPSA) is 62.2 Å². The molecule has 4 rings (SSSR count). The van der Waals surface area contributed by atoms with E-state index in [2.05, 4.69) is 44.9 Å². The van der Waals surface area contributed by atoms with Crippen LogP contribution in [-0.4, -0.2) is 47.9 Å². The molecule has 2 aliphatic rings.